The normalized spacial score (nSPS) is 15.0. The summed E-state index contributed by atoms with van der Waals surface area (Å²) in [7, 11) is 0. The van der Waals surface area contributed by atoms with Gasteiger partial charge < -0.3 is 37.6 Å². The lowest BCUT2D eigenvalue weighted by molar-refractivity contribution is -0.145. The first-order valence-electron chi connectivity index (χ1n) is 11.3. The molecule has 0 aliphatic heterocycles. The van der Waals surface area contributed by atoms with Crippen molar-refractivity contribution in [2.24, 2.45) is 11.5 Å². The Kier molecular flexibility index (Phi) is 13.5. The van der Waals surface area contributed by atoms with Gasteiger partial charge in [0.2, 0.25) is 23.6 Å². The lowest BCUT2D eigenvalue weighted by Gasteiger charge is -2.26. The third kappa shape index (κ3) is 11.1. The highest BCUT2D eigenvalue weighted by molar-refractivity contribution is 7.98. The van der Waals surface area contributed by atoms with E-state index in [0.717, 1.165) is 0 Å². The summed E-state index contributed by atoms with van der Waals surface area (Å²) in [5, 5.41) is 26.3. The highest BCUT2D eigenvalue weighted by Gasteiger charge is 2.32. The minimum atomic E-state index is -1.60. The first-order valence-corrected chi connectivity index (χ1v) is 12.7. The first kappa shape index (κ1) is 30.9. The van der Waals surface area contributed by atoms with Crippen LogP contribution in [0.2, 0.25) is 0 Å². The Labute approximate surface area is 213 Å². The Hall–Kier alpha value is -3.16. The van der Waals surface area contributed by atoms with Crippen LogP contribution in [-0.2, 0) is 30.4 Å². The lowest BCUT2D eigenvalue weighted by Crippen LogP contribution is -2.58. The molecule has 1 aromatic rings. The van der Waals surface area contributed by atoms with Crippen LogP contribution < -0.4 is 27.4 Å². The zero-order valence-electron chi connectivity index (χ0n) is 20.3. The summed E-state index contributed by atoms with van der Waals surface area (Å²) in [4.78, 5) is 61.3. The average Bonchev–Trinajstić information content (AvgIpc) is 2.82. The molecule has 36 heavy (non-hydrogen) atoms. The Morgan fingerprint density at radius 2 is 1.53 bits per heavy atom. The van der Waals surface area contributed by atoms with E-state index in [1.165, 1.54) is 18.7 Å². The van der Waals surface area contributed by atoms with Gasteiger partial charge in [0.1, 0.15) is 12.1 Å². The van der Waals surface area contributed by atoms with Crippen molar-refractivity contribution < 1.29 is 34.2 Å². The number of nitrogens with two attached hydrogens (primary N) is 2. The van der Waals surface area contributed by atoms with Crippen LogP contribution in [0.25, 0.3) is 0 Å². The largest absolute Gasteiger partial charge is 0.480 e. The van der Waals surface area contributed by atoms with E-state index in [2.05, 4.69) is 16.0 Å². The number of thioether (sulfide) groups is 1. The minimum absolute atomic E-state index is 0.00567. The number of rotatable bonds is 16. The number of aliphatic hydroxyl groups is 1. The van der Waals surface area contributed by atoms with Gasteiger partial charge in [-0.2, -0.15) is 11.8 Å². The van der Waals surface area contributed by atoms with Crippen LogP contribution in [0.4, 0.5) is 0 Å². The smallest absolute Gasteiger partial charge is 0.328 e. The summed E-state index contributed by atoms with van der Waals surface area (Å²) in [5.41, 5.74) is 11.8. The molecule has 5 atom stereocenters. The van der Waals surface area contributed by atoms with Gasteiger partial charge >= 0.3 is 5.97 Å². The van der Waals surface area contributed by atoms with Crippen molar-refractivity contribution >= 4 is 41.4 Å². The van der Waals surface area contributed by atoms with E-state index < -0.39 is 59.9 Å². The number of hydrogen-bond acceptors (Lipinski definition) is 8. The maximum Gasteiger partial charge on any atom is 0.328 e. The number of aliphatic carboxylic acids is 1. The van der Waals surface area contributed by atoms with Gasteiger partial charge in [0.25, 0.3) is 0 Å². The molecule has 0 aliphatic carbocycles. The van der Waals surface area contributed by atoms with Gasteiger partial charge in [-0.15, -0.1) is 0 Å². The molecule has 13 heteroatoms. The second-order valence-electron chi connectivity index (χ2n) is 8.27. The summed E-state index contributed by atoms with van der Waals surface area (Å²) in [6.07, 6.45) is 0.480. The summed E-state index contributed by atoms with van der Waals surface area (Å²) in [6.45, 7) is 1.21. The van der Waals surface area contributed by atoms with Crippen molar-refractivity contribution in [2.45, 2.75) is 62.9 Å². The van der Waals surface area contributed by atoms with E-state index in [4.69, 9.17) is 11.5 Å². The summed E-state index contributed by atoms with van der Waals surface area (Å²) in [6, 6.07) is 3.70. The Balaban J connectivity index is 3.11. The molecule has 1 rings (SSSR count). The maximum absolute atomic E-state index is 13.1. The number of nitrogens with one attached hydrogen (secondary N) is 3. The van der Waals surface area contributed by atoms with E-state index in [-0.39, 0.29) is 19.3 Å². The molecule has 0 bridgehead atoms. The van der Waals surface area contributed by atoms with Crippen molar-refractivity contribution in [3.63, 3.8) is 0 Å². The molecule has 0 aromatic heterocycles. The molecule has 0 fully saturated rings. The monoisotopic (exact) mass is 525 g/mol. The maximum atomic E-state index is 13.1. The predicted octanol–water partition coefficient (Wildman–Crippen LogP) is -1.51. The molecule has 200 valence electrons. The quantitative estimate of drug-likeness (QED) is 0.133. The number of carbonyl (C=O) groups is 5. The molecule has 0 radical (unpaired) electrons. The molecule has 0 heterocycles. The number of hydrogen-bond donors (Lipinski definition) is 7. The Bertz CT molecular complexity index is 900. The van der Waals surface area contributed by atoms with Gasteiger partial charge in [-0.25, -0.2) is 4.79 Å². The molecule has 0 aliphatic rings. The van der Waals surface area contributed by atoms with Gasteiger partial charge in [-0.1, -0.05) is 30.3 Å². The van der Waals surface area contributed by atoms with Crippen molar-refractivity contribution in [1.82, 2.24) is 16.0 Å². The molecule has 0 saturated heterocycles. The first-order chi connectivity index (χ1) is 17.0. The predicted molar refractivity (Wildman–Crippen MR) is 135 cm³/mol. The molecular weight excluding hydrogens is 490 g/mol. The van der Waals surface area contributed by atoms with E-state index in [1.54, 1.807) is 30.3 Å². The van der Waals surface area contributed by atoms with Crippen molar-refractivity contribution in [2.75, 3.05) is 12.0 Å². The molecule has 1 aromatic carbocycles. The number of carboxylic acids is 1. The SMILES string of the molecule is CSCCC(N)C(=O)NC(CCC(N)=O)C(=O)NC(Cc1ccccc1)C(=O)NC(C(=O)O)C(C)O. The highest BCUT2D eigenvalue weighted by atomic mass is 32.2. The van der Waals surface area contributed by atoms with Gasteiger partial charge in [-0.3, -0.25) is 19.2 Å². The third-order valence-corrected chi connectivity index (χ3v) is 5.89. The summed E-state index contributed by atoms with van der Waals surface area (Å²) < 4.78 is 0. The number of amides is 4. The molecule has 9 N–H and O–H groups in total. The second kappa shape index (κ2) is 15.8. The lowest BCUT2D eigenvalue weighted by atomic mass is 10.0. The molecular formula is C23H35N5O7S. The number of aliphatic hydroxyl groups excluding tert-OH is 1. The van der Waals surface area contributed by atoms with Crippen LogP contribution in [-0.4, -0.2) is 82.1 Å². The zero-order valence-corrected chi connectivity index (χ0v) is 21.1. The van der Waals surface area contributed by atoms with E-state index in [9.17, 15) is 34.2 Å². The molecule has 12 nitrogen and oxygen atoms in total. The summed E-state index contributed by atoms with van der Waals surface area (Å²) in [5.74, 6) is -3.74. The Morgan fingerprint density at radius 3 is 2.06 bits per heavy atom. The molecule has 0 spiro atoms. The van der Waals surface area contributed by atoms with E-state index >= 15 is 0 Å². The number of carbonyl (C=O) groups excluding carboxylic acids is 4. The third-order valence-electron chi connectivity index (χ3n) is 5.24. The highest BCUT2D eigenvalue weighted by Crippen LogP contribution is 2.07. The van der Waals surface area contributed by atoms with Gasteiger partial charge in [-0.05, 0) is 37.3 Å². The fraction of sp³-hybridized carbons (Fsp3) is 0.522. The van der Waals surface area contributed by atoms with Crippen molar-refractivity contribution in [1.29, 1.82) is 0 Å². The topological polar surface area (TPSA) is 214 Å². The van der Waals surface area contributed by atoms with Crippen LogP contribution in [0.15, 0.2) is 30.3 Å². The molecule has 0 saturated carbocycles. The molecule has 4 amide bonds. The average molecular weight is 526 g/mol. The zero-order chi connectivity index (χ0) is 27.3. The fourth-order valence-electron chi connectivity index (χ4n) is 3.18. The number of carboxylic acid groups (broad SMARTS) is 1. The van der Waals surface area contributed by atoms with Crippen LogP contribution in [0.3, 0.4) is 0 Å². The second-order valence-corrected chi connectivity index (χ2v) is 9.26. The standard InChI is InChI=1S/C23H35N5O7S/c1-13(29)19(23(34)35)28-22(33)17(12-14-6-4-3-5-7-14)27-21(32)16(8-9-18(25)30)26-20(31)15(24)10-11-36-2/h3-7,13,15-17,19,29H,8-12,24H2,1-2H3,(H2,25,30)(H,26,31)(H,27,32)(H,28,33)(H,34,35). The Morgan fingerprint density at radius 1 is 0.944 bits per heavy atom. The van der Waals surface area contributed by atoms with E-state index in [0.29, 0.717) is 17.7 Å². The van der Waals surface area contributed by atoms with Crippen LogP contribution in [0.5, 0.6) is 0 Å². The van der Waals surface area contributed by atoms with Crippen LogP contribution >= 0.6 is 11.8 Å². The minimum Gasteiger partial charge on any atom is -0.480 e. The van der Waals surface area contributed by atoms with Crippen LogP contribution in [0.1, 0.15) is 31.7 Å². The van der Waals surface area contributed by atoms with Gasteiger partial charge in [0.05, 0.1) is 12.1 Å². The number of benzene rings is 1. The van der Waals surface area contributed by atoms with Crippen LogP contribution in [0, 0.1) is 0 Å². The van der Waals surface area contributed by atoms with Crippen molar-refractivity contribution in [3.05, 3.63) is 35.9 Å². The van der Waals surface area contributed by atoms with Crippen molar-refractivity contribution in [3.8, 4) is 0 Å². The van der Waals surface area contributed by atoms with Gasteiger partial charge in [0.15, 0.2) is 6.04 Å². The van der Waals surface area contributed by atoms with E-state index in [1.807, 2.05) is 6.26 Å². The molecule has 5 unspecified atom stereocenters. The summed E-state index contributed by atoms with van der Waals surface area (Å²) >= 11 is 1.50. The van der Waals surface area contributed by atoms with Gasteiger partial charge in [0, 0.05) is 12.8 Å². The number of primary amides is 1. The fourth-order valence-corrected chi connectivity index (χ4v) is 3.67.